The van der Waals surface area contributed by atoms with Gasteiger partial charge in [-0.15, -0.1) is 0 Å². The second kappa shape index (κ2) is 4.07. The molecule has 4 heteroatoms. The smallest absolute Gasteiger partial charge is 0.0874 e. The summed E-state index contributed by atoms with van der Waals surface area (Å²) in [4.78, 5) is 8.26. The van der Waals surface area contributed by atoms with Crippen molar-refractivity contribution in [3.05, 3.63) is 46.3 Å². The maximum atomic E-state index is 6.03. The Balaban J connectivity index is 2.61. The summed E-state index contributed by atoms with van der Waals surface area (Å²) in [6.45, 7) is 0. The molecule has 2 aromatic heterocycles. The highest BCUT2D eigenvalue weighted by Crippen LogP contribution is 2.30. The molecule has 0 aliphatic heterocycles. The van der Waals surface area contributed by atoms with Gasteiger partial charge in [0, 0.05) is 28.6 Å². The van der Waals surface area contributed by atoms with E-state index < -0.39 is 0 Å². The summed E-state index contributed by atoms with van der Waals surface area (Å²) >= 11 is 9.45. The van der Waals surface area contributed by atoms with Gasteiger partial charge in [-0.2, -0.15) is 0 Å². The summed E-state index contributed by atoms with van der Waals surface area (Å²) in [5.41, 5.74) is 1.65. The third-order valence-electron chi connectivity index (χ3n) is 1.78. The van der Waals surface area contributed by atoms with Crippen molar-refractivity contribution in [1.29, 1.82) is 0 Å². The molecular weight excluding hydrogens is 263 g/mol. The van der Waals surface area contributed by atoms with Gasteiger partial charge in [0.2, 0.25) is 0 Å². The van der Waals surface area contributed by atoms with Crippen molar-refractivity contribution >= 4 is 27.5 Å². The molecule has 0 saturated heterocycles. The highest BCUT2D eigenvalue weighted by atomic mass is 79.9. The van der Waals surface area contributed by atoms with Crippen molar-refractivity contribution in [2.45, 2.75) is 0 Å². The minimum atomic E-state index is 0.652. The molecule has 0 atom stereocenters. The molecule has 0 bridgehead atoms. The average Bonchev–Trinajstić information content (AvgIpc) is 2.20. The fourth-order valence-electron chi connectivity index (χ4n) is 1.14. The van der Waals surface area contributed by atoms with E-state index in [-0.39, 0.29) is 0 Å². The van der Waals surface area contributed by atoms with Gasteiger partial charge in [-0.1, -0.05) is 11.6 Å². The van der Waals surface area contributed by atoms with Crippen LogP contribution in [0.1, 0.15) is 0 Å². The van der Waals surface area contributed by atoms with Crippen molar-refractivity contribution < 1.29 is 0 Å². The molecule has 0 N–H and O–H groups in total. The zero-order valence-corrected chi connectivity index (χ0v) is 9.46. The average molecular weight is 270 g/mol. The summed E-state index contributed by atoms with van der Waals surface area (Å²) < 4.78 is 0.912. The summed E-state index contributed by atoms with van der Waals surface area (Å²) in [7, 11) is 0. The molecule has 70 valence electrons. The van der Waals surface area contributed by atoms with Crippen LogP contribution in [0.15, 0.2) is 41.3 Å². The number of halogens is 2. The molecule has 0 saturated carbocycles. The predicted octanol–water partition coefficient (Wildman–Crippen LogP) is 3.56. The Morgan fingerprint density at radius 3 is 2.79 bits per heavy atom. The Labute approximate surface area is 95.1 Å². The molecule has 2 heterocycles. The molecule has 0 fully saturated rings. The molecule has 2 aromatic rings. The molecule has 2 nitrogen and oxygen atoms in total. The summed E-state index contributed by atoms with van der Waals surface area (Å²) in [6, 6.07) is 5.53. The van der Waals surface area contributed by atoms with Gasteiger partial charge < -0.3 is 0 Å². The van der Waals surface area contributed by atoms with E-state index in [2.05, 4.69) is 25.9 Å². The van der Waals surface area contributed by atoms with E-state index in [1.807, 2.05) is 12.1 Å². The van der Waals surface area contributed by atoms with Crippen molar-refractivity contribution in [3.8, 4) is 11.3 Å². The number of nitrogens with zero attached hydrogens (tertiary/aromatic N) is 2. The summed E-state index contributed by atoms with van der Waals surface area (Å²) in [5, 5.41) is 0.652. The largest absolute Gasteiger partial charge is 0.264 e. The Bertz CT molecular complexity index is 416. The first-order valence-electron chi connectivity index (χ1n) is 3.99. The highest BCUT2D eigenvalue weighted by molar-refractivity contribution is 9.10. The van der Waals surface area contributed by atoms with Crippen molar-refractivity contribution in [1.82, 2.24) is 9.97 Å². The van der Waals surface area contributed by atoms with E-state index >= 15 is 0 Å². The molecule has 0 unspecified atom stereocenters. The van der Waals surface area contributed by atoms with E-state index in [0.717, 1.165) is 15.7 Å². The van der Waals surface area contributed by atoms with E-state index in [4.69, 9.17) is 11.6 Å². The van der Waals surface area contributed by atoms with Crippen molar-refractivity contribution in [3.63, 3.8) is 0 Å². The monoisotopic (exact) mass is 268 g/mol. The van der Waals surface area contributed by atoms with Gasteiger partial charge in [-0.05, 0) is 34.1 Å². The quantitative estimate of drug-likeness (QED) is 0.791. The Morgan fingerprint density at radius 2 is 2.07 bits per heavy atom. The minimum absolute atomic E-state index is 0.652. The second-order valence-corrected chi connectivity index (χ2v) is 3.95. The van der Waals surface area contributed by atoms with Crippen molar-refractivity contribution in [2.24, 2.45) is 0 Å². The van der Waals surface area contributed by atoms with Crippen LogP contribution in [0.25, 0.3) is 11.3 Å². The fourth-order valence-corrected chi connectivity index (χ4v) is 1.80. The molecule has 0 spiro atoms. The van der Waals surface area contributed by atoms with Crippen LogP contribution in [-0.4, -0.2) is 9.97 Å². The van der Waals surface area contributed by atoms with Gasteiger partial charge >= 0.3 is 0 Å². The third-order valence-corrected chi connectivity index (χ3v) is 2.75. The first-order valence-corrected chi connectivity index (χ1v) is 5.16. The standard InChI is InChI=1S/C10H6BrClN2/c11-8-2-1-4-14-10(8)7-6-13-5-3-9(7)12/h1-6H. The maximum absolute atomic E-state index is 6.03. The van der Waals surface area contributed by atoms with Crippen LogP contribution >= 0.6 is 27.5 Å². The van der Waals surface area contributed by atoms with Gasteiger partial charge in [0.1, 0.15) is 0 Å². The van der Waals surface area contributed by atoms with Crippen LogP contribution in [0.4, 0.5) is 0 Å². The fraction of sp³-hybridized carbons (Fsp3) is 0. The Morgan fingerprint density at radius 1 is 1.21 bits per heavy atom. The number of hydrogen-bond donors (Lipinski definition) is 0. The first kappa shape index (κ1) is 9.62. The highest BCUT2D eigenvalue weighted by Gasteiger charge is 2.07. The van der Waals surface area contributed by atoms with Crippen molar-refractivity contribution in [2.75, 3.05) is 0 Å². The lowest BCUT2D eigenvalue weighted by molar-refractivity contribution is 1.27. The van der Waals surface area contributed by atoms with Crippen LogP contribution in [0.3, 0.4) is 0 Å². The zero-order chi connectivity index (χ0) is 9.97. The van der Waals surface area contributed by atoms with E-state index in [9.17, 15) is 0 Å². The van der Waals surface area contributed by atoms with Crippen LogP contribution < -0.4 is 0 Å². The SMILES string of the molecule is Clc1ccncc1-c1ncccc1Br. The van der Waals surface area contributed by atoms with E-state index in [0.29, 0.717) is 5.02 Å². The zero-order valence-electron chi connectivity index (χ0n) is 7.11. The van der Waals surface area contributed by atoms with Crippen LogP contribution in [-0.2, 0) is 0 Å². The number of pyridine rings is 2. The van der Waals surface area contributed by atoms with E-state index in [1.54, 1.807) is 24.7 Å². The third kappa shape index (κ3) is 1.79. The molecule has 0 aromatic carbocycles. The lowest BCUT2D eigenvalue weighted by atomic mass is 10.2. The Hall–Kier alpha value is -0.930. The summed E-state index contributed by atoms with van der Waals surface area (Å²) in [6.07, 6.45) is 5.08. The van der Waals surface area contributed by atoms with Crippen LogP contribution in [0.2, 0.25) is 5.02 Å². The van der Waals surface area contributed by atoms with Gasteiger partial charge in [0.25, 0.3) is 0 Å². The lowest BCUT2D eigenvalue weighted by Gasteiger charge is -2.03. The molecule has 0 aliphatic carbocycles. The minimum Gasteiger partial charge on any atom is -0.264 e. The van der Waals surface area contributed by atoms with Gasteiger partial charge in [-0.3, -0.25) is 9.97 Å². The van der Waals surface area contributed by atoms with Crippen LogP contribution in [0.5, 0.6) is 0 Å². The van der Waals surface area contributed by atoms with Crippen LogP contribution in [0, 0.1) is 0 Å². The molecule has 14 heavy (non-hydrogen) atoms. The summed E-state index contributed by atoms with van der Waals surface area (Å²) in [5.74, 6) is 0. The molecule has 0 amide bonds. The lowest BCUT2D eigenvalue weighted by Crippen LogP contribution is -1.86. The predicted molar refractivity (Wildman–Crippen MR) is 60.2 cm³/mol. The molecular formula is C10H6BrClN2. The number of aromatic nitrogens is 2. The number of rotatable bonds is 1. The topological polar surface area (TPSA) is 25.8 Å². The first-order chi connectivity index (χ1) is 6.79. The second-order valence-electron chi connectivity index (χ2n) is 2.69. The van der Waals surface area contributed by atoms with Gasteiger partial charge in [0.05, 0.1) is 10.7 Å². The van der Waals surface area contributed by atoms with Gasteiger partial charge in [0.15, 0.2) is 0 Å². The molecule has 0 radical (unpaired) electrons. The Kier molecular flexibility index (Phi) is 2.79. The maximum Gasteiger partial charge on any atom is 0.0874 e. The molecule has 2 rings (SSSR count). The normalized spacial score (nSPS) is 10.1. The van der Waals surface area contributed by atoms with Gasteiger partial charge in [-0.25, -0.2) is 0 Å². The number of hydrogen-bond acceptors (Lipinski definition) is 2. The molecule has 0 aliphatic rings. The van der Waals surface area contributed by atoms with E-state index in [1.165, 1.54) is 0 Å².